The van der Waals surface area contributed by atoms with Gasteiger partial charge in [-0.3, -0.25) is 5.43 Å². The summed E-state index contributed by atoms with van der Waals surface area (Å²) in [5.41, 5.74) is 2.58. The van der Waals surface area contributed by atoms with E-state index in [1.54, 1.807) is 0 Å². The minimum absolute atomic E-state index is 0.458. The number of hydrogen-bond donors (Lipinski definition) is 2. The molecule has 2 aliphatic heterocycles. The van der Waals surface area contributed by atoms with Crippen LogP contribution < -0.4 is 21.1 Å². The first-order chi connectivity index (χ1) is 10.3. The number of piperidine rings is 2. The van der Waals surface area contributed by atoms with Crippen molar-refractivity contribution in [1.29, 1.82) is 0 Å². The van der Waals surface area contributed by atoms with Crippen molar-refractivity contribution in [1.82, 2.24) is 15.0 Å². The van der Waals surface area contributed by atoms with Crippen LogP contribution in [0, 0.1) is 5.92 Å². The number of aromatic nitrogens is 3. The van der Waals surface area contributed by atoms with E-state index in [2.05, 4.69) is 37.1 Å². The third kappa shape index (κ3) is 3.34. The summed E-state index contributed by atoms with van der Waals surface area (Å²) in [7, 11) is 0. The zero-order valence-electron chi connectivity index (χ0n) is 12.8. The van der Waals surface area contributed by atoms with Crippen LogP contribution in [0.5, 0.6) is 0 Å². The van der Waals surface area contributed by atoms with Gasteiger partial charge < -0.3 is 9.80 Å². The Bertz CT molecular complexity index is 464. The minimum atomic E-state index is 0.458. The number of hydrazine groups is 1. The molecule has 0 radical (unpaired) electrons. The Labute approximate surface area is 125 Å². The minimum Gasteiger partial charge on any atom is -0.341 e. The molecule has 2 fully saturated rings. The van der Waals surface area contributed by atoms with Gasteiger partial charge in [-0.25, -0.2) is 5.84 Å². The average molecular weight is 291 g/mol. The number of rotatable bonds is 3. The van der Waals surface area contributed by atoms with Crippen molar-refractivity contribution in [2.24, 2.45) is 11.8 Å². The molecule has 7 heteroatoms. The van der Waals surface area contributed by atoms with Crippen molar-refractivity contribution in [3.63, 3.8) is 0 Å². The molecule has 0 amide bonds. The van der Waals surface area contributed by atoms with Crippen LogP contribution in [0.1, 0.15) is 39.0 Å². The highest BCUT2D eigenvalue weighted by molar-refractivity contribution is 5.45. The molecule has 116 valence electrons. The Kier molecular flexibility index (Phi) is 4.38. The molecule has 0 unspecified atom stereocenters. The van der Waals surface area contributed by atoms with Gasteiger partial charge in [0.2, 0.25) is 17.8 Å². The Hall–Kier alpha value is -1.63. The molecule has 0 aromatic carbocycles. The molecule has 21 heavy (non-hydrogen) atoms. The fraction of sp³-hybridized carbons (Fsp3) is 0.786. The van der Waals surface area contributed by atoms with E-state index in [1.165, 1.54) is 32.1 Å². The summed E-state index contributed by atoms with van der Waals surface area (Å²) in [6, 6.07) is 0. The summed E-state index contributed by atoms with van der Waals surface area (Å²) in [6.45, 7) is 6.36. The smallest absolute Gasteiger partial charge is 0.243 e. The predicted octanol–water partition coefficient (Wildman–Crippen LogP) is 1.38. The number of hydrogen-bond acceptors (Lipinski definition) is 7. The number of nitrogens with one attached hydrogen (secondary N) is 1. The highest BCUT2D eigenvalue weighted by Crippen LogP contribution is 2.23. The summed E-state index contributed by atoms with van der Waals surface area (Å²) in [4.78, 5) is 18.0. The van der Waals surface area contributed by atoms with Gasteiger partial charge in [-0.2, -0.15) is 15.0 Å². The van der Waals surface area contributed by atoms with Gasteiger partial charge in [0.05, 0.1) is 0 Å². The van der Waals surface area contributed by atoms with E-state index in [9.17, 15) is 0 Å². The Morgan fingerprint density at radius 2 is 1.48 bits per heavy atom. The lowest BCUT2D eigenvalue weighted by Crippen LogP contribution is -2.36. The van der Waals surface area contributed by atoms with Crippen molar-refractivity contribution < 1.29 is 0 Å². The first-order valence-electron chi connectivity index (χ1n) is 7.99. The molecule has 0 aliphatic carbocycles. The van der Waals surface area contributed by atoms with Crippen LogP contribution in [-0.4, -0.2) is 41.1 Å². The van der Waals surface area contributed by atoms with Crippen LogP contribution in [0.3, 0.4) is 0 Å². The fourth-order valence-electron chi connectivity index (χ4n) is 3.00. The second kappa shape index (κ2) is 6.43. The molecule has 3 heterocycles. The van der Waals surface area contributed by atoms with Gasteiger partial charge in [-0.1, -0.05) is 6.92 Å². The highest BCUT2D eigenvalue weighted by atomic mass is 15.4. The average Bonchev–Trinajstić information content (AvgIpc) is 2.56. The maximum Gasteiger partial charge on any atom is 0.243 e. The summed E-state index contributed by atoms with van der Waals surface area (Å²) in [5, 5.41) is 0. The van der Waals surface area contributed by atoms with Gasteiger partial charge in [-0.15, -0.1) is 0 Å². The molecule has 0 spiro atoms. The van der Waals surface area contributed by atoms with Gasteiger partial charge >= 0.3 is 0 Å². The molecule has 2 saturated heterocycles. The molecule has 0 atom stereocenters. The van der Waals surface area contributed by atoms with Crippen molar-refractivity contribution >= 4 is 17.8 Å². The lowest BCUT2D eigenvalue weighted by molar-refractivity contribution is 0.434. The SMILES string of the molecule is CC1CCN(c2nc(NN)nc(N3CCCCC3)n2)CC1. The van der Waals surface area contributed by atoms with Crippen molar-refractivity contribution in [3.05, 3.63) is 0 Å². The molecule has 3 rings (SSSR count). The summed E-state index contributed by atoms with van der Waals surface area (Å²) >= 11 is 0. The van der Waals surface area contributed by atoms with Gasteiger partial charge in [0.25, 0.3) is 0 Å². The van der Waals surface area contributed by atoms with Gasteiger partial charge in [-0.05, 0) is 38.0 Å². The summed E-state index contributed by atoms with van der Waals surface area (Å²) in [6.07, 6.45) is 6.08. The van der Waals surface area contributed by atoms with E-state index in [0.29, 0.717) is 5.95 Å². The zero-order chi connectivity index (χ0) is 14.7. The van der Waals surface area contributed by atoms with E-state index in [4.69, 9.17) is 5.84 Å². The van der Waals surface area contributed by atoms with Gasteiger partial charge in [0, 0.05) is 26.2 Å². The maximum absolute atomic E-state index is 5.53. The summed E-state index contributed by atoms with van der Waals surface area (Å²) < 4.78 is 0. The molecule has 7 nitrogen and oxygen atoms in total. The molecule has 3 N–H and O–H groups in total. The number of nitrogens with two attached hydrogens (primary N) is 1. The normalized spacial score (nSPS) is 20.7. The first-order valence-corrected chi connectivity index (χ1v) is 7.99. The number of anilines is 3. The molecule has 0 saturated carbocycles. The van der Waals surface area contributed by atoms with Crippen molar-refractivity contribution in [3.8, 4) is 0 Å². The Morgan fingerprint density at radius 1 is 0.905 bits per heavy atom. The van der Waals surface area contributed by atoms with Crippen LogP contribution in [0.4, 0.5) is 17.8 Å². The lowest BCUT2D eigenvalue weighted by atomic mass is 10.00. The molecule has 2 aliphatic rings. The topological polar surface area (TPSA) is 83.2 Å². The maximum atomic E-state index is 5.53. The van der Waals surface area contributed by atoms with E-state index in [1.807, 2.05) is 0 Å². The quantitative estimate of drug-likeness (QED) is 0.643. The lowest BCUT2D eigenvalue weighted by Gasteiger charge is -2.32. The molecular formula is C14H25N7. The summed E-state index contributed by atoms with van der Waals surface area (Å²) in [5.74, 6) is 8.29. The highest BCUT2D eigenvalue weighted by Gasteiger charge is 2.21. The van der Waals surface area contributed by atoms with Crippen molar-refractivity contribution in [2.75, 3.05) is 41.4 Å². The largest absolute Gasteiger partial charge is 0.341 e. The van der Waals surface area contributed by atoms with Crippen LogP contribution in [0.2, 0.25) is 0 Å². The molecule has 1 aromatic heterocycles. The van der Waals surface area contributed by atoms with E-state index >= 15 is 0 Å². The monoisotopic (exact) mass is 291 g/mol. The second-order valence-electron chi connectivity index (χ2n) is 6.12. The standard InChI is InChI=1S/C14H25N7/c1-11-5-9-21(10-6-11)14-17-12(19-15)16-13(18-14)20-7-3-2-4-8-20/h11H,2-10,15H2,1H3,(H,16,17,18,19). The van der Waals surface area contributed by atoms with E-state index in [0.717, 1.165) is 44.0 Å². The zero-order valence-corrected chi connectivity index (χ0v) is 12.8. The van der Waals surface area contributed by atoms with Gasteiger partial charge in [0.15, 0.2) is 0 Å². The fourth-order valence-corrected chi connectivity index (χ4v) is 3.00. The van der Waals surface area contributed by atoms with Crippen molar-refractivity contribution in [2.45, 2.75) is 39.0 Å². The molecule has 1 aromatic rings. The Balaban J connectivity index is 1.82. The number of nitrogen functional groups attached to an aromatic ring is 1. The molecular weight excluding hydrogens is 266 g/mol. The van der Waals surface area contributed by atoms with Gasteiger partial charge in [0.1, 0.15) is 0 Å². The van der Waals surface area contributed by atoms with Crippen LogP contribution >= 0.6 is 0 Å². The number of nitrogens with zero attached hydrogens (tertiary/aromatic N) is 5. The first kappa shape index (κ1) is 14.3. The molecule has 0 bridgehead atoms. The van der Waals surface area contributed by atoms with Crippen LogP contribution in [-0.2, 0) is 0 Å². The van der Waals surface area contributed by atoms with E-state index < -0.39 is 0 Å². The second-order valence-corrected chi connectivity index (χ2v) is 6.12. The predicted molar refractivity (Wildman–Crippen MR) is 84.3 cm³/mol. The third-order valence-corrected chi connectivity index (χ3v) is 4.45. The van der Waals surface area contributed by atoms with Crippen LogP contribution in [0.25, 0.3) is 0 Å². The van der Waals surface area contributed by atoms with E-state index in [-0.39, 0.29) is 0 Å². The van der Waals surface area contributed by atoms with Crippen LogP contribution in [0.15, 0.2) is 0 Å². The third-order valence-electron chi connectivity index (χ3n) is 4.45. The Morgan fingerprint density at radius 3 is 2.05 bits per heavy atom.